The summed E-state index contributed by atoms with van der Waals surface area (Å²) >= 11 is 0. The average Bonchev–Trinajstić information content (AvgIpc) is 2.70. The molecular formula is C18H19F2N5O2. The van der Waals surface area contributed by atoms with E-state index in [0.29, 0.717) is 26.2 Å². The molecule has 1 N–H and O–H groups in total. The van der Waals surface area contributed by atoms with Crippen LogP contribution in [-0.2, 0) is 4.79 Å². The maximum atomic E-state index is 13.7. The average molecular weight is 375 g/mol. The van der Waals surface area contributed by atoms with Gasteiger partial charge in [-0.3, -0.25) is 19.5 Å². The Hall–Kier alpha value is -2.94. The van der Waals surface area contributed by atoms with Gasteiger partial charge in [0.25, 0.3) is 5.91 Å². The van der Waals surface area contributed by atoms with Crippen LogP contribution in [0.2, 0.25) is 0 Å². The third kappa shape index (κ3) is 4.25. The molecule has 1 saturated heterocycles. The maximum absolute atomic E-state index is 13.7. The molecule has 27 heavy (non-hydrogen) atoms. The minimum Gasteiger partial charge on any atom is -0.335 e. The van der Waals surface area contributed by atoms with Crippen LogP contribution >= 0.6 is 0 Å². The van der Waals surface area contributed by atoms with Gasteiger partial charge in [0.15, 0.2) is 0 Å². The lowest BCUT2D eigenvalue weighted by Crippen LogP contribution is -2.54. The first-order chi connectivity index (χ1) is 13.0. The lowest BCUT2D eigenvalue weighted by atomic mass is 10.2. The van der Waals surface area contributed by atoms with E-state index in [4.69, 9.17) is 0 Å². The van der Waals surface area contributed by atoms with Crippen LogP contribution in [0.25, 0.3) is 0 Å². The summed E-state index contributed by atoms with van der Waals surface area (Å²) in [6.07, 6.45) is 4.36. The molecule has 1 aromatic heterocycles. The fourth-order valence-electron chi connectivity index (χ4n) is 2.89. The van der Waals surface area contributed by atoms with Crippen molar-refractivity contribution in [3.05, 3.63) is 54.1 Å². The third-order valence-corrected chi connectivity index (χ3v) is 4.52. The third-order valence-electron chi connectivity index (χ3n) is 4.52. The second-order valence-electron chi connectivity index (χ2n) is 6.18. The number of halogens is 2. The summed E-state index contributed by atoms with van der Waals surface area (Å²) in [5, 5.41) is 2.31. The Balaban J connectivity index is 1.57. The van der Waals surface area contributed by atoms with E-state index < -0.39 is 29.3 Å². The molecular weight excluding hydrogens is 356 g/mol. The molecule has 0 spiro atoms. The van der Waals surface area contributed by atoms with Crippen molar-refractivity contribution in [1.29, 1.82) is 0 Å². The minimum atomic E-state index is -0.824. The smallest absolute Gasteiger partial charge is 0.274 e. The zero-order valence-corrected chi connectivity index (χ0v) is 14.7. The van der Waals surface area contributed by atoms with Crippen LogP contribution < -0.4 is 5.32 Å². The summed E-state index contributed by atoms with van der Waals surface area (Å²) < 4.78 is 27.4. The topological polar surface area (TPSA) is 78.4 Å². The van der Waals surface area contributed by atoms with Crippen molar-refractivity contribution in [2.24, 2.45) is 0 Å². The van der Waals surface area contributed by atoms with Crippen molar-refractivity contribution >= 4 is 17.5 Å². The van der Waals surface area contributed by atoms with Crippen molar-refractivity contribution in [3.8, 4) is 0 Å². The molecule has 0 saturated carbocycles. The predicted octanol–water partition coefficient (Wildman–Crippen LogP) is 1.54. The van der Waals surface area contributed by atoms with E-state index in [9.17, 15) is 18.4 Å². The van der Waals surface area contributed by atoms with Crippen LogP contribution in [0.15, 0.2) is 36.8 Å². The predicted molar refractivity (Wildman–Crippen MR) is 94.0 cm³/mol. The maximum Gasteiger partial charge on any atom is 0.274 e. The van der Waals surface area contributed by atoms with Crippen LogP contribution in [0.5, 0.6) is 0 Å². The second-order valence-corrected chi connectivity index (χ2v) is 6.18. The van der Waals surface area contributed by atoms with Gasteiger partial charge in [-0.1, -0.05) is 6.07 Å². The van der Waals surface area contributed by atoms with E-state index in [1.165, 1.54) is 24.7 Å². The molecule has 7 nitrogen and oxygen atoms in total. The van der Waals surface area contributed by atoms with Gasteiger partial charge in [-0.25, -0.2) is 13.8 Å². The van der Waals surface area contributed by atoms with E-state index in [-0.39, 0.29) is 11.6 Å². The highest BCUT2D eigenvalue weighted by atomic mass is 19.1. The molecule has 1 atom stereocenters. The summed E-state index contributed by atoms with van der Waals surface area (Å²) in [4.78, 5) is 36.1. The highest BCUT2D eigenvalue weighted by Crippen LogP contribution is 2.19. The van der Waals surface area contributed by atoms with Gasteiger partial charge in [-0.05, 0) is 19.1 Å². The van der Waals surface area contributed by atoms with Gasteiger partial charge < -0.3 is 10.2 Å². The number of benzene rings is 1. The van der Waals surface area contributed by atoms with E-state index in [2.05, 4.69) is 15.3 Å². The van der Waals surface area contributed by atoms with Gasteiger partial charge >= 0.3 is 0 Å². The first kappa shape index (κ1) is 18.8. The van der Waals surface area contributed by atoms with E-state index in [1.807, 2.05) is 4.90 Å². The Labute approximate surface area is 155 Å². The molecule has 1 aliphatic rings. The first-order valence-corrected chi connectivity index (χ1v) is 8.51. The monoisotopic (exact) mass is 375 g/mol. The largest absolute Gasteiger partial charge is 0.335 e. The van der Waals surface area contributed by atoms with Gasteiger partial charge in [-0.2, -0.15) is 0 Å². The van der Waals surface area contributed by atoms with Crippen LogP contribution in [0, 0.1) is 11.6 Å². The number of anilines is 1. The number of carbonyl (C=O) groups is 2. The lowest BCUT2D eigenvalue weighted by Gasteiger charge is -2.37. The summed E-state index contributed by atoms with van der Waals surface area (Å²) in [5.74, 6) is -2.37. The fraction of sp³-hybridized carbons (Fsp3) is 0.333. The SMILES string of the molecule is CC(C(=O)Nc1c(F)cccc1F)N1CCN(C(=O)c2cnccn2)CC1. The number of piperazine rings is 1. The minimum absolute atomic E-state index is 0.215. The van der Waals surface area contributed by atoms with Gasteiger partial charge in [0.1, 0.15) is 23.0 Å². The van der Waals surface area contributed by atoms with Crippen molar-refractivity contribution < 1.29 is 18.4 Å². The molecule has 0 bridgehead atoms. The van der Waals surface area contributed by atoms with Crippen molar-refractivity contribution in [3.63, 3.8) is 0 Å². The number of hydrogen-bond acceptors (Lipinski definition) is 5. The molecule has 1 fully saturated rings. The van der Waals surface area contributed by atoms with Crippen molar-refractivity contribution in [2.75, 3.05) is 31.5 Å². The first-order valence-electron chi connectivity index (χ1n) is 8.51. The Morgan fingerprint density at radius 3 is 2.37 bits per heavy atom. The molecule has 142 valence electrons. The van der Waals surface area contributed by atoms with Crippen LogP contribution in [0.4, 0.5) is 14.5 Å². The normalized spacial score (nSPS) is 16.0. The molecule has 2 aromatic rings. The number of rotatable bonds is 4. The van der Waals surface area contributed by atoms with Crippen molar-refractivity contribution in [1.82, 2.24) is 19.8 Å². The van der Waals surface area contributed by atoms with Gasteiger partial charge in [-0.15, -0.1) is 0 Å². The Bertz CT molecular complexity index is 806. The van der Waals surface area contributed by atoms with E-state index >= 15 is 0 Å². The Kier molecular flexibility index (Phi) is 5.70. The van der Waals surface area contributed by atoms with Crippen LogP contribution in [0.3, 0.4) is 0 Å². The molecule has 0 radical (unpaired) electrons. The Morgan fingerprint density at radius 1 is 1.11 bits per heavy atom. The molecule has 2 heterocycles. The van der Waals surface area contributed by atoms with Gasteiger partial charge in [0.05, 0.1) is 12.2 Å². The lowest BCUT2D eigenvalue weighted by molar-refractivity contribution is -0.121. The van der Waals surface area contributed by atoms with Crippen LogP contribution in [-0.4, -0.2) is 63.8 Å². The quantitative estimate of drug-likeness (QED) is 0.877. The summed E-state index contributed by atoms with van der Waals surface area (Å²) in [6, 6.07) is 2.80. The number of aromatic nitrogens is 2. The van der Waals surface area contributed by atoms with Crippen molar-refractivity contribution in [2.45, 2.75) is 13.0 Å². The Morgan fingerprint density at radius 2 is 1.78 bits per heavy atom. The molecule has 0 aliphatic carbocycles. The second kappa shape index (κ2) is 8.17. The number of nitrogens with zero attached hydrogens (tertiary/aromatic N) is 4. The zero-order chi connectivity index (χ0) is 19.4. The molecule has 1 aromatic carbocycles. The molecule has 1 aliphatic heterocycles. The molecule has 3 rings (SSSR count). The van der Waals surface area contributed by atoms with Gasteiger partial charge in [0.2, 0.25) is 5.91 Å². The van der Waals surface area contributed by atoms with Crippen LogP contribution in [0.1, 0.15) is 17.4 Å². The highest BCUT2D eigenvalue weighted by Gasteiger charge is 2.29. The summed E-state index contributed by atoms with van der Waals surface area (Å²) in [5.41, 5.74) is -0.183. The fourth-order valence-corrected chi connectivity index (χ4v) is 2.89. The zero-order valence-electron chi connectivity index (χ0n) is 14.7. The molecule has 9 heteroatoms. The number of para-hydroxylation sites is 1. The number of carbonyl (C=O) groups excluding carboxylic acids is 2. The summed E-state index contributed by atoms with van der Waals surface area (Å²) in [7, 11) is 0. The van der Waals surface area contributed by atoms with Gasteiger partial charge in [0, 0.05) is 38.6 Å². The van der Waals surface area contributed by atoms with E-state index in [0.717, 1.165) is 12.1 Å². The highest BCUT2D eigenvalue weighted by molar-refractivity contribution is 5.95. The molecule has 1 unspecified atom stereocenters. The number of hydrogen-bond donors (Lipinski definition) is 1. The standard InChI is InChI=1S/C18H19F2N5O2/c1-12(17(26)23-16-13(19)3-2-4-14(16)20)24-7-9-25(10-8-24)18(27)15-11-21-5-6-22-15/h2-6,11-12H,7-10H2,1H3,(H,23,26). The molecule has 2 amide bonds. The number of nitrogens with one attached hydrogen (secondary N) is 1. The number of amides is 2. The van der Waals surface area contributed by atoms with E-state index in [1.54, 1.807) is 11.8 Å². The summed E-state index contributed by atoms with van der Waals surface area (Å²) in [6.45, 7) is 3.41.